The van der Waals surface area contributed by atoms with E-state index >= 15 is 0 Å². The minimum Gasteiger partial charge on any atom is -0.370 e. The zero-order valence-electron chi connectivity index (χ0n) is 11.4. The molecule has 0 amide bonds. The smallest absolute Gasteiger partial charge is 0.346 e. The maximum atomic E-state index is 12.3. The maximum absolute atomic E-state index is 12.3. The predicted molar refractivity (Wildman–Crippen MR) is 84.0 cm³/mol. The van der Waals surface area contributed by atoms with Crippen LogP contribution in [0, 0.1) is 20.2 Å². The third-order valence-corrected chi connectivity index (χ3v) is 4.48. The first-order valence-electron chi connectivity index (χ1n) is 5.95. The van der Waals surface area contributed by atoms with E-state index in [1.807, 2.05) is 0 Å². The molecule has 9 nitrogen and oxygen atoms in total. The van der Waals surface area contributed by atoms with Crippen LogP contribution in [-0.4, -0.2) is 18.3 Å². The van der Waals surface area contributed by atoms with Gasteiger partial charge in [-0.15, -0.1) is 0 Å². The molecular weight excluding hydrogens is 387 g/mol. The summed E-state index contributed by atoms with van der Waals surface area (Å²) in [6.07, 6.45) is 0. The number of halogens is 2. The van der Waals surface area contributed by atoms with E-state index in [0.717, 1.165) is 24.3 Å². The van der Waals surface area contributed by atoms with Crippen LogP contribution in [0.5, 0.6) is 5.75 Å². The fourth-order valence-corrected chi connectivity index (χ4v) is 3.43. The molecule has 0 aliphatic heterocycles. The number of rotatable bonds is 5. The van der Waals surface area contributed by atoms with Crippen molar-refractivity contribution in [1.29, 1.82) is 0 Å². The third-order valence-electron chi connectivity index (χ3n) is 2.71. The summed E-state index contributed by atoms with van der Waals surface area (Å²) < 4.78 is 29.3. The first-order valence-corrected chi connectivity index (χ1v) is 8.11. The SMILES string of the molecule is O=[N+]([O-])c1ccccc1S(=O)(=O)Oc1c(Cl)cc(Cl)cc1[N+](=O)[O-]. The van der Waals surface area contributed by atoms with Crippen LogP contribution in [0.4, 0.5) is 11.4 Å². The van der Waals surface area contributed by atoms with Gasteiger partial charge in [0.1, 0.15) is 0 Å². The fourth-order valence-electron chi connectivity index (χ4n) is 1.74. The molecular formula is C12H6Cl2N2O7S. The Morgan fingerprint density at radius 1 is 0.958 bits per heavy atom. The van der Waals surface area contributed by atoms with Crippen molar-refractivity contribution < 1.29 is 22.4 Å². The lowest BCUT2D eigenvalue weighted by Gasteiger charge is -2.09. The summed E-state index contributed by atoms with van der Waals surface area (Å²) in [7, 11) is -4.75. The van der Waals surface area contributed by atoms with Crippen LogP contribution in [0.25, 0.3) is 0 Å². The van der Waals surface area contributed by atoms with Gasteiger partial charge in [-0.05, 0) is 12.1 Å². The molecule has 0 saturated heterocycles. The van der Waals surface area contributed by atoms with Crippen molar-refractivity contribution in [2.75, 3.05) is 0 Å². The molecule has 0 bridgehead atoms. The maximum Gasteiger partial charge on any atom is 0.346 e. The van der Waals surface area contributed by atoms with Gasteiger partial charge in [-0.1, -0.05) is 35.3 Å². The summed E-state index contributed by atoms with van der Waals surface area (Å²) in [5, 5.41) is 21.4. The molecule has 0 aromatic heterocycles. The minimum atomic E-state index is -4.75. The van der Waals surface area contributed by atoms with Gasteiger partial charge < -0.3 is 4.18 Å². The van der Waals surface area contributed by atoms with Crippen molar-refractivity contribution in [3.8, 4) is 5.75 Å². The van der Waals surface area contributed by atoms with E-state index in [1.54, 1.807) is 0 Å². The van der Waals surface area contributed by atoms with E-state index in [1.165, 1.54) is 12.1 Å². The first kappa shape index (κ1) is 17.9. The van der Waals surface area contributed by atoms with E-state index in [4.69, 9.17) is 27.4 Å². The van der Waals surface area contributed by atoms with Crippen LogP contribution >= 0.6 is 23.2 Å². The number of para-hydroxylation sites is 1. The highest BCUT2D eigenvalue weighted by Crippen LogP contribution is 2.40. The molecule has 24 heavy (non-hydrogen) atoms. The summed E-state index contributed by atoms with van der Waals surface area (Å²) >= 11 is 11.4. The van der Waals surface area contributed by atoms with Gasteiger partial charge in [-0.25, -0.2) is 0 Å². The van der Waals surface area contributed by atoms with Gasteiger partial charge in [0.05, 0.1) is 14.9 Å². The van der Waals surface area contributed by atoms with Crippen molar-refractivity contribution in [1.82, 2.24) is 0 Å². The van der Waals surface area contributed by atoms with Crippen LogP contribution in [0.15, 0.2) is 41.3 Å². The highest BCUT2D eigenvalue weighted by molar-refractivity contribution is 7.87. The second-order valence-electron chi connectivity index (χ2n) is 4.26. The van der Waals surface area contributed by atoms with Crippen molar-refractivity contribution in [2.24, 2.45) is 0 Å². The van der Waals surface area contributed by atoms with Crippen molar-refractivity contribution >= 4 is 44.7 Å². The minimum absolute atomic E-state index is 0.109. The topological polar surface area (TPSA) is 130 Å². The van der Waals surface area contributed by atoms with E-state index < -0.39 is 47.0 Å². The van der Waals surface area contributed by atoms with Gasteiger partial charge >= 0.3 is 15.8 Å². The summed E-state index contributed by atoms with van der Waals surface area (Å²) in [4.78, 5) is 19.3. The van der Waals surface area contributed by atoms with E-state index in [9.17, 15) is 28.6 Å². The Hall–Kier alpha value is -2.43. The molecule has 0 saturated carbocycles. The summed E-state index contributed by atoms with van der Waals surface area (Å²) in [5.74, 6) is -0.788. The van der Waals surface area contributed by atoms with Crippen molar-refractivity contribution in [2.45, 2.75) is 4.90 Å². The first-order chi connectivity index (χ1) is 11.1. The molecule has 0 radical (unpaired) electrons. The number of benzene rings is 2. The summed E-state index contributed by atoms with van der Waals surface area (Å²) in [6, 6.07) is 6.27. The quantitative estimate of drug-likeness (QED) is 0.431. The zero-order valence-corrected chi connectivity index (χ0v) is 13.7. The molecule has 0 fully saturated rings. The molecule has 2 aromatic carbocycles. The average molecular weight is 393 g/mol. The molecule has 0 heterocycles. The van der Waals surface area contributed by atoms with E-state index in [2.05, 4.69) is 0 Å². The largest absolute Gasteiger partial charge is 0.370 e. The standard InChI is InChI=1S/C12H6Cl2N2O7S/c13-7-5-8(14)12(10(6-7)16(19)20)23-24(21,22)11-4-2-1-3-9(11)15(17)18/h1-6H. The second-order valence-corrected chi connectivity index (χ2v) is 6.61. The molecule has 2 rings (SSSR count). The molecule has 0 aliphatic rings. The van der Waals surface area contributed by atoms with Crippen LogP contribution < -0.4 is 4.18 Å². The average Bonchev–Trinajstić information content (AvgIpc) is 2.49. The van der Waals surface area contributed by atoms with E-state index in [-0.39, 0.29) is 5.02 Å². The fraction of sp³-hybridized carbons (Fsp3) is 0. The zero-order chi connectivity index (χ0) is 18.1. The lowest BCUT2D eigenvalue weighted by Crippen LogP contribution is -2.13. The summed E-state index contributed by atoms with van der Waals surface area (Å²) in [5.41, 5.74) is -1.54. The van der Waals surface area contributed by atoms with Crippen molar-refractivity contribution in [3.63, 3.8) is 0 Å². The van der Waals surface area contributed by atoms with Gasteiger partial charge in [-0.3, -0.25) is 20.2 Å². The van der Waals surface area contributed by atoms with Gasteiger partial charge in [0.15, 0.2) is 4.90 Å². The van der Waals surface area contributed by atoms with Crippen LogP contribution in [0.3, 0.4) is 0 Å². The Labute approximate surface area is 144 Å². The van der Waals surface area contributed by atoms with E-state index in [0.29, 0.717) is 0 Å². The van der Waals surface area contributed by atoms with Crippen LogP contribution in [0.2, 0.25) is 10.0 Å². The molecule has 0 aliphatic carbocycles. The Morgan fingerprint density at radius 3 is 2.12 bits per heavy atom. The Kier molecular flexibility index (Phi) is 4.92. The number of hydrogen-bond acceptors (Lipinski definition) is 7. The number of nitro groups is 2. The van der Waals surface area contributed by atoms with Gasteiger partial charge in [0.25, 0.3) is 5.69 Å². The number of nitro benzene ring substituents is 2. The molecule has 126 valence electrons. The Morgan fingerprint density at radius 2 is 1.54 bits per heavy atom. The molecule has 0 unspecified atom stereocenters. The molecule has 12 heteroatoms. The number of hydrogen-bond donors (Lipinski definition) is 0. The summed E-state index contributed by atoms with van der Waals surface area (Å²) in [6.45, 7) is 0. The van der Waals surface area contributed by atoms with Crippen molar-refractivity contribution in [3.05, 3.63) is 66.7 Å². The Balaban J connectivity index is 2.60. The third kappa shape index (κ3) is 3.55. The van der Waals surface area contributed by atoms with Crippen LogP contribution in [0.1, 0.15) is 0 Å². The Bertz CT molecular complexity index is 946. The van der Waals surface area contributed by atoms with Gasteiger partial charge in [-0.2, -0.15) is 8.42 Å². The molecule has 0 spiro atoms. The lowest BCUT2D eigenvalue weighted by molar-refractivity contribution is -0.388. The van der Waals surface area contributed by atoms with Gasteiger partial charge in [0, 0.05) is 17.2 Å². The monoisotopic (exact) mass is 392 g/mol. The number of nitrogens with zero attached hydrogens (tertiary/aromatic N) is 2. The normalized spacial score (nSPS) is 11.1. The molecule has 0 atom stereocenters. The van der Waals surface area contributed by atoms with Crippen LogP contribution in [-0.2, 0) is 10.1 Å². The molecule has 0 N–H and O–H groups in total. The predicted octanol–water partition coefficient (Wildman–Crippen LogP) is 3.58. The highest BCUT2D eigenvalue weighted by atomic mass is 35.5. The second kappa shape index (κ2) is 6.59. The van der Waals surface area contributed by atoms with Gasteiger partial charge in [0.2, 0.25) is 5.75 Å². The molecule has 2 aromatic rings. The lowest BCUT2D eigenvalue weighted by atomic mass is 10.3. The highest BCUT2D eigenvalue weighted by Gasteiger charge is 2.31.